The predicted octanol–water partition coefficient (Wildman–Crippen LogP) is 3.08. The lowest BCUT2D eigenvalue weighted by atomic mass is 10.0. The van der Waals surface area contributed by atoms with Gasteiger partial charge in [-0.3, -0.25) is 9.48 Å². The molecular weight excluding hydrogens is 300 g/mol. The number of hydrogen-bond acceptors (Lipinski definition) is 3. The summed E-state index contributed by atoms with van der Waals surface area (Å²) < 4.78 is 1.70. The molecule has 1 N–H and O–H groups in total. The van der Waals surface area contributed by atoms with Crippen LogP contribution in [0.4, 0.5) is 0 Å². The molecule has 0 saturated heterocycles. The maximum Gasteiger partial charge on any atom is 0.254 e. The second-order valence-electron chi connectivity index (χ2n) is 6.35. The third-order valence-corrected chi connectivity index (χ3v) is 3.98. The summed E-state index contributed by atoms with van der Waals surface area (Å²) in [6, 6.07) is 8.57. The molecule has 1 amide bonds. The highest BCUT2D eigenvalue weighted by atomic mass is 16.1. The summed E-state index contributed by atoms with van der Waals surface area (Å²) in [6.45, 7) is 8.53. The smallest absolute Gasteiger partial charge is 0.254 e. The lowest BCUT2D eigenvalue weighted by molar-refractivity contribution is 0.0939. The van der Waals surface area contributed by atoms with Crippen LogP contribution in [0.3, 0.4) is 0 Å². The van der Waals surface area contributed by atoms with Gasteiger partial charge < -0.3 is 5.32 Å². The van der Waals surface area contributed by atoms with Crippen molar-refractivity contribution in [3.8, 4) is 6.07 Å². The molecule has 0 saturated carbocycles. The Bertz CT molecular complexity index is 750. The Balaban J connectivity index is 2.01. The number of nitrogens with one attached hydrogen (secondary N) is 1. The maximum atomic E-state index is 12.5. The van der Waals surface area contributed by atoms with Gasteiger partial charge in [-0.25, -0.2) is 0 Å². The van der Waals surface area contributed by atoms with Crippen molar-refractivity contribution in [2.75, 3.05) is 0 Å². The number of nitrogens with zero attached hydrogens (tertiary/aromatic N) is 3. The number of aryl methyl sites for hydroxylation is 3. The monoisotopic (exact) mass is 324 g/mol. The van der Waals surface area contributed by atoms with Crippen LogP contribution in [0.1, 0.15) is 46.1 Å². The normalized spacial score (nSPS) is 11.8. The van der Waals surface area contributed by atoms with Crippen LogP contribution in [0, 0.1) is 32.1 Å². The number of hydrogen-bond donors (Lipinski definition) is 1. The minimum Gasteiger partial charge on any atom is -0.349 e. The second kappa shape index (κ2) is 7.78. The number of aromatic nitrogens is 2. The Hall–Kier alpha value is -2.61. The number of amides is 1. The Labute approximate surface area is 143 Å². The Kier molecular flexibility index (Phi) is 5.75. The van der Waals surface area contributed by atoms with Crippen LogP contribution < -0.4 is 5.32 Å². The largest absolute Gasteiger partial charge is 0.349 e. The molecule has 5 nitrogen and oxygen atoms in total. The van der Waals surface area contributed by atoms with E-state index in [-0.39, 0.29) is 11.9 Å². The van der Waals surface area contributed by atoms with Crippen molar-refractivity contribution >= 4 is 5.91 Å². The molecule has 1 unspecified atom stereocenters. The topological polar surface area (TPSA) is 70.7 Å². The van der Waals surface area contributed by atoms with E-state index in [2.05, 4.69) is 48.5 Å². The standard InChI is InChI=1S/C19H24N4O/c1-13-8-14(2)10-17(9-13)11-15(3)22-19(24)18-12-21-23(16(18)4)7-5-6-20/h8-10,12,15H,5,7,11H2,1-4H3,(H,22,24). The van der Waals surface area contributed by atoms with Crippen LogP contribution in [0.15, 0.2) is 24.4 Å². The maximum absolute atomic E-state index is 12.5. The zero-order valence-corrected chi connectivity index (χ0v) is 14.8. The summed E-state index contributed by atoms with van der Waals surface area (Å²) in [5, 5.41) is 15.9. The van der Waals surface area contributed by atoms with Crippen molar-refractivity contribution in [3.63, 3.8) is 0 Å². The van der Waals surface area contributed by atoms with Crippen molar-refractivity contribution in [1.82, 2.24) is 15.1 Å². The molecule has 0 spiro atoms. The molecule has 1 aromatic carbocycles. The third-order valence-electron chi connectivity index (χ3n) is 3.98. The minimum absolute atomic E-state index is 0.0283. The Morgan fingerprint density at radius 1 is 1.29 bits per heavy atom. The van der Waals surface area contributed by atoms with E-state index in [0.29, 0.717) is 18.5 Å². The summed E-state index contributed by atoms with van der Waals surface area (Å²) in [4.78, 5) is 12.5. The second-order valence-corrected chi connectivity index (χ2v) is 6.35. The number of rotatable bonds is 6. The lowest BCUT2D eigenvalue weighted by Crippen LogP contribution is -2.34. The van der Waals surface area contributed by atoms with Gasteiger partial charge in [0.25, 0.3) is 5.91 Å². The van der Waals surface area contributed by atoms with Gasteiger partial charge in [0.15, 0.2) is 0 Å². The first-order valence-corrected chi connectivity index (χ1v) is 8.18. The van der Waals surface area contributed by atoms with E-state index in [1.807, 2.05) is 13.8 Å². The van der Waals surface area contributed by atoms with Crippen molar-refractivity contribution < 1.29 is 4.79 Å². The molecule has 0 aliphatic heterocycles. The third kappa shape index (κ3) is 4.45. The van der Waals surface area contributed by atoms with Gasteiger partial charge in [-0.1, -0.05) is 29.3 Å². The van der Waals surface area contributed by atoms with E-state index >= 15 is 0 Å². The Morgan fingerprint density at radius 3 is 2.58 bits per heavy atom. The average molecular weight is 324 g/mol. The molecule has 2 aromatic rings. The van der Waals surface area contributed by atoms with Crippen molar-refractivity contribution in [1.29, 1.82) is 5.26 Å². The zero-order chi connectivity index (χ0) is 17.7. The number of carbonyl (C=O) groups excluding carboxylic acids is 1. The molecular formula is C19H24N4O. The van der Waals surface area contributed by atoms with Gasteiger partial charge >= 0.3 is 0 Å². The fourth-order valence-corrected chi connectivity index (χ4v) is 2.94. The molecule has 1 atom stereocenters. The molecule has 24 heavy (non-hydrogen) atoms. The fourth-order valence-electron chi connectivity index (χ4n) is 2.94. The van der Waals surface area contributed by atoms with Gasteiger partial charge in [0.05, 0.1) is 30.8 Å². The fraction of sp³-hybridized carbons (Fsp3) is 0.421. The highest BCUT2D eigenvalue weighted by molar-refractivity contribution is 5.95. The molecule has 1 aromatic heterocycles. The van der Waals surface area contributed by atoms with E-state index in [1.54, 1.807) is 10.9 Å². The summed E-state index contributed by atoms with van der Waals surface area (Å²) in [5.74, 6) is -0.118. The summed E-state index contributed by atoms with van der Waals surface area (Å²) in [6.07, 6.45) is 2.74. The van der Waals surface area contributed by atoms with E-state index in [9.17, 15) is 4.79 Å². The molecule has 2 rings (SSSR count). The van der Waals surface area contributed by atoms with Gasteiger partial charge in [0.1, 0.15) is 0 Å². The predicted molar refractivity (Wildman–Crippen MR) is 93.7 cm³/mol. The first kappa shape index (κ1) is 17.7. The molecule has 1 heterocycles. The average Bonchev–Trinajstić information content (AvgIpc) is 2.84. The van der Waals surface area contributed by atoms with Gasteiger partial charge in [0.2, 0.25) is 0 Å². The zero-order valence-electron chi connectivity index (χ0n) is 14.8. The molecule has 0 bridgehead atoms. The minimum atomic E-state index is -0.118. The molecule has 0 radical (unpaired) electrons. The quantitative estimate of drug-likeness (QED) is 0.887. The highest BCUT2D eigenvalue weighted by Crippen LogP contribution is 2.12. The van der Waals surface area contributed by atoms with Crippen LogP contribution in [-0.2, 0) is 13.0 Å². The van der Waals surface area contributed by atoms with Crippen LogP contribution in [0.5, 0.6) is 0 Å². The van der Waals surface area contributed by atoms with E-state index in [0.717, 1.165) is 12.1 Å². The number of benzene rings is 1. The highest BCUT2D eigenvalue weighted by Gasteiger charge is 2.16. The number of nitriles is 1. The summed E-state index contributed by atoms with van der Waals surface area (Å²) >= 11 is 0. The molecule has 5 heteroatoms. The molecule has 0 aliphatic carbocycles. The SMILES string of the molecule is Cc1cc(C)cc(CC(C)NC(=O)c2cnn(CCC#N)c2C)c1. The Morgan fingerprint density at radius 2 is 1.96 bits per heavy atom. The first-order valence-electron chi connectivity index (χ1n) is 8.18. The molecule has 0 fully saturated rings. The summed E-state index contributed by atoms with van der Waals surface area (Å²) in [5.41, 5.74) is 5.06. The lowest BCUT2D eigenvalue weighted by Gasteiger charge is -2.15. The van der Waals surface area contributed by atoms with Crippen molar-refractivity contribution in [2.45, 2.75) is 53.1 Å². The number of carbonyl (C=O) groups is 1. The van der Waals surface area contributed by atoms with Crippen LogP contribution in [-0.4, -0.2) is 21.7 Å². The van der Waals surface area contributed by atoms with Crippen LogP contribution in [0.25, 0.3) is 0 Å². The molecule has 0 aliphatic rings. The van der Waals surface area contributed by atoms with Crippen molar-refractivity contribution in [2.24, 2.45) is 0 Å². The van der Waals surface area contributed by atoms with Gasteiger partial charge in [0, 0.05) is 11.7 Å². The van der Waals surface area contributed by atoms with E-state index in [4.69, 9.17) is 5.26 Å². The first-order chi connectivity index (χ1) is 11.4. The van der Waals surface area contributed by atoms with Gasteiger partial charge in [-0.05, 0) is 39.7 Å². The van der Waals surface area contributed by atoms with Crippen molar-refractivity contribution in [3.05, 3.63) is 52.3 Å². The van der Waals surface area contributed by atoms with E-state index in [1.165, 1.54) is 16.7 Å². The van der Waals surface area contributed by atoms with E-state index < -0.39 is 0 Å². The summed E-state index contributed by atoms with van der Waals surface area (Å²) in [7, 11) is 0. The van der Waals surface area contributed by atoms with Crippen LogP contribution in [0.2, 0.25) is 0 Å². The van der Waals surface area contributed by atoms with Gasteiger partial charge in [-0.15, -0.1) is 0 Å². The molecule has 126 valence electrons. The van der Waals surface area contributed by atoms with Crippen LogP contribution >= 0.6 is 0 Å². The van der Waals surface area contributed by atoms with Gasteiger partial charge in [-0.2, -0.15) is 10.4 Å².